The highest BCUT2D eigenvalue weighted by molar-refractivity contribution is 5.92. The molecule has 0 aromatic heterocycles. The molecule has 0 saturated heterocycles. The molecule has 4 nitrogen and oxygen atoms in total. The lowest BCUT2D eigenvalue weighted by molar-refractivity contribution is 0.0597. The molecule has 3 aromatic rings. The SMILES string of the molecule is COC(=O)c1cc(CCCN[C@H](C)c2cccc3ccccc23)ccc1O. The van der Waals surface area contributed by atoms with Crippen LogP contribution < -0.4 is 5.32 Å². The monoisotopic (exact) mass is 363 g/mol. The van der Waals surface area contributed by atoms with Crippen LogP contribution in [0.4, 0.5) is 0 Å². The number of hydrogen-bond donors (Lipinski definition) is 2. The van der Waals surface area contributed by atoms with Crippen molar-refractivity contribution in [1.29, 1.82) is 0 Å². The molecule has 4 heteroatoms. The molecule has 0 bridgehead atoms. The molecule has 0 fully saturated rings. The van der Waals surface area contributed by atoms with Crippen molar-refractivity contribution < 1.29 is 14.6 Å². The minimum atomic E-state index is -0.517. The number of aryl methyl sites for hydroxylation is 1. The molecule has 3 aromatic carbocycles. The zero-order chi connectivity index (χ0) is 19.2. The number of hydrogen-bond acceptors (Lipinski definition) is 4. The van der Waals surface area contributed by atoms with Gasteiger partial charge in [0, 0.05) is 6.04 Å². The van der Waals surface area contributed by atoms with E-state index in [0.29, 0.717) is 0 Å². The summed E-state index contributed by atoms with van der Waals surface area (Å²) in [5.41, 5.74) is 2.52. The van der Waals surface area contributed by atoms with E-state index in [0.717, 1.165) is 24.9 Å². The van der Waals surface area contributed by atoms with E-state index < -0.39 is 5.97 Å². The number of nitrogens with one attached hydrogen (secondary N) is 1. The number of aromatic hydroxyl groups is 1. The maximum absolute atomic E-state index is 11.7. The van der Waals surface area contributed by atoms with Crippen LogP contribution in [0.1, 0.15) is 40.9 Å². The van der Waals surface area contributed by atoms with Crippen LogP contribution in [0.15, 0.2) is 60.7 Å². The van der Waals surface area contributed by atoms with Crippen molar-refractivity contribution in [2.24, 2.45) is 0 Å². The van der Waals surface area contributed by atoms with Crippen LogP contribution in [0.2, 0.25) is 0 Å². The second kappa shape index (κ2) is 8.69. The van der Waals surface area contributed by atoms with Gasteiger partial charge >= 0.3 is 5.97 Å². The zero-order valence-electron chi connectivity index (χ0n) is 15.7. The summed E-state index contributed by atoms with van der Waals surface area (Å²) < 4.78 is 4.70. The summed E-state index contributed by atoms with van der Waals surface area (Å²) in [7, 11) is 1.31. The summed E-state index contributed by atoms with van der Waals surface area (Å²) in [5, 5.41) is 15.9. The fourth-order valence-electron chi connectivity index (χ4n) is 3.36. The van der Waals surface area contributed by atoms with E-state index in [1.165, 1.54) is 23.4 Å². The number of phenolic OH excluding ortho intramolecular Hbond substituents is 1. The fourth-order valence-corrected chi connectivity index (χ4v) is 3.36. The predicted octanol–water partition coefficient (Wildman–Crippen LogP) is 4.62. The van der Waals surface area contributed by atoms with Gasteiger partial charge in [0.25, 0.3) is 0 Å². The molecule has 3 rings (SSSR count). The van der Waals surface area contributed by atoms with Crippen LogP contribution in [0.3, 0.4) is 0 Å². The van der Waals surface area contributed by atoms with Crippen LogP contribution in [-0.2, 0) is 11.2 Å². The van der Waals surface area contributed by atoms with Crippen molar-refractivity contribution in [2.75, 3.05) is 13.7 Å². The number of rotatable bonds is 7. The quantitative estimate of drug-likeness (QED) is 0.475. The van der Waals surface area contributed by atoms with Crippen LogP contribution in [0, 0.1) is 0 Å². The van der Waals surface area contributed by atoms with Gasteiger partial charge < -0.3 is 15.2 Å². The predicted molar refractivity (Wildman–Crippen MR) is 108 cm³/mol. The summed E-state index contributed by atoms with van der Waals surface area (Å²) in [5.74, 6) is -0.564. The van der Waals surface area contributed by atoms with Crippen LogP contribution >= 0.6 is 0 Å². The van der Waals surface area contributed by atoms with E-state index >= 15 is 0 Å². The van der Waals surface area contributed by atoms with Gasteiger partial charge in [-0.25, -0.2) is 4.79 Å². The van der Waals surface area contributed by atoms with Gasteiger partial charge in [0.05, 0.1) is 7.11 Å². The Morgan fingerprint density at radius 1 is 1.11 bits per heavy atom. The molecule has 2 N–H and O–H groups in total. The van der Waals surface area contributed by atoms with Crippen molar-refractivity contribution in [1.82, 2.24) is 5.32 Å². The molecule has 0 saturated carbocycles. The molecule has 27 heavy (non-hydrogen) atoms. The first-order valence-electron chi connectivity index (χ1n) is 9.21. The average molecular weight is 363 g/mol. The molecule has 1 atom stereocenters. The Bertz CT molecular complexity index is 931. The minimum absolute atomic E-state index is 0.0479. The van der Waals surface area contributed by atoms with E-state index in [1.807, 2.05) is 6.07 Å². The van der Waals surface area contributed by atoms with E-state index in [4.69, 9.17) is 4.74 Å². The number of carbonyl (C=O) groups is 1. The molecule has 0 amide bonds. The highest BCUT2D eigenvalue weighted by Crippen LogP contribution is 2.24. The third-order valence-electron chi connectivity index (χ3n) is 4.85. The molecular formula is C23H25NO3. The Morgan fingerprint density at radius 3 is 2.70 bits per heavy atom. The third kappa shape index (κ3) is 4.47. The maximum atomic E-state index is 11.7. The van der Waals surface area contributed by atoms with Crippen LogP contribution in [0.5, 0.6) is 5.75 Å². The highest BCUT2D eigenvalue weighted by atomic mass is 16.5. The number of fused-ring (bicyclic) bond motifs is 1. The Labute approximate surface area is 159 Å². The molecular weight excluding hydrogens is 338 g/mol. The fraction of sp³-hybridized carbons (Fsp3) is 0.261. The number of esters is 1. The topological polar surface area (TPSA) is 58.6 Å². The van der Waals surface area contributed by atoms with Gasteiger partial charge in [-0.05, 0) is 60.3 Å². The Morgan fingerprint density at radius 2 is 1.89 bits per heavy atom. The Balaban J connectivity index is 1.58. The van der Waals surface area contributed by atoms with Crippen molar-refractivity contribution in [3.8, 4) is 5.75 Å². The van der Waals surface area contributed by atoms with Gasteiger partial charge in [-0.1, -0.05) is 48.5 Å². The summed E-state index contributed by atoms with van der Waals surface area (Å²) in [6.07, 6.45) is 1.75. The summed E-state index contributed by atoms with van der Waals surface area (Å²) >= 11 is 0. The smallest absolute Gasteiger partial charge is 0.341 e. The van der Waals surface area contributed by atoms with Gasteiger partial charge in [-0.2, -0.15) is 0 Å². The van der Waals surface area contributed by atoms with Gasteiger partial charge in [-0.15, -0.1) is 0 Å². The van der Waals surface area contributed by atoms with Crippen LogP contribution in [0.25, 0.3) is 10.8 Å². The Kier molecular flexibility index (Phi) is 6.09. The summed E-state index contributed by atoms with van der Waals surface area (Å²) in [4.78, 5) is 11.7. The molecule has 0 radical (unpaired) electrons. The zero-order valence-corrected chi connectivity index (χ0v) is 15.7. The van der Waals surface area contributed by atoms with E-state index in [1.54, 1.807) is 12.1 Å². The first-order valence-corrected chi connectivity index (χ1v) is 9.21. The summed E-state index contributed by atoms with van der Waals surface area (Å²) in [6, 6.07) is 20.2. The van der Waals surface area contributed by atoms with E-state index in [2.05, 4.69) is 54.7 Å². The number of benzene rings is 3. The highest BCUT2D eigenvalue weighted by Gasteiger charge is 2.12. The van der Waals surface area contributed by atoms with Crippen molar-refractivity contribution in [3.05, 3.63) is 77.4 Å². The van der Waals surface area contributed by atoms with Crippen molar-refractivity contribution in [2.45, 2.75) is 25.8 Å². The van der Waals surface area contributed by atoms with Gasteiger partial charge in [-0.3, -0.25) is 0 Å². The van der Waals surface area contributed by atoms with E-state index in [-0.39, 0.29) is 17.4 Å². The van der Waals surface area contributed by atoms with Gasteiger partial charge in [0.2, 0.25) is 0 Å². The first kappa shape index (κ1) is 18.9. The minimum Gasteiger partial charge on any atom is -0.507 e. The third-order valence-corrected chi connectivity index (χ3v) is 4.85. The van der Waals surface area contributed by atoms with E-state index in [9.17, 15) is 9.90 Å². The normalized spacial score (nSPS) is 12.1. The number of phenols is 1. The molecule has 0 heterocycles. The second-order valence-electron chi connectivity index (χ2n) is 6.69. The number of ether oxygens (including phenoxy) is 1. The lowest BCUT2D eigenvalue weighted by Crippen LogP contribution is -2.20. The van der Waals surface area contributed by atoms with Crippen LogP contribution in [-0.4, -0.2) is 24.7 Å². The molecule has 0 spiro atoms. The van der Waals surface area contributed by atoms with Crippen molar-refractivity contribution in [3.63, 3.8) is 0 Å². The molecule has 0 aliphatic heterocycles. The molecule has 140 valence electrons. The lowest BCUT2D eigenvalue weighted by atomic mass is 9.99. The average Bonchev–Trinajstić information content (AvgIpc) is 2.71. The molecule has 0 aliphatic carbocycles. The van der Waals surface area contributed by atoms with Gasteiger partial charge in [0.1, 0.15) is 11.3 Å². The molecule has 0 aliphatic rings. The first-order chi connectivity index (χ1) is 13.1. The largest absolute Gasteiger partial charge is 0.507 e. The lowest BCUT2D eigenvalue weighted by Gasteiger charge is -2.16. The Hall–Kier alpha value is -2.85. The second-order valence-corrected chi connectivity index (χ2v) is 6.69. The standard InChI is InChI=1S/C23H25NO3/c1-16(19-11-5-9-18-8-3-4-10-20(18)19)24-14-6-7-17-12-13-22(25)21(15-17)23(26)27-2/h3-5,8-13,15-16,24-25H,6-7,14H2,1-2H3/t16-/m1/s1. The molecule has 0 unspecified atom stereocenters. The van der Waals surface area contributed by atoms with Crippen molar-refractivity contribution >= 4 is 16.7 Å². The van der Waals surface area contributed by atoms with Gasteiger partial charge in [0.15, 0.2) is 0 Å². The number of carbonyl (C=O) groups excluding carboxylic acids is 1. The maximum Gasteiger partial charge on any atom is 0.341 e. The number of methoxy groups -OCH3 is 1. The summed E-state index contributed by atoms with van der Waals surface area (Å²) in [6.45, 7) is 3.04.